The first kappa shape index (κ1) is 15.1. The summed E-state index contributed by atoms with van der Waals surface area (Å²) in [5.41, 5.74) is 1.45. The van der Waals surface area contributed by atoms with Gasteiger partial charge in [0.15, 0.2) is 0 Å². The van der Waals surface area contributed by atoms with E-state index in [0.29, 0.717) is 12.0 Å². The summed E-state index contributed by atoms with van der Waals surface area (Å²) >= 11 is 0. The van der Waals surface area contributed by atoms with Gasteiger partial charge in [0.05, 0.1) is 0 Å². The number of aryl methyl sites for hydroxylation is 1. The minimum Gasteiger partial charge on any atom is -0.314 e. The SMILES string of the molecule is CCCNC(CCc1ccc2ccccc2c1)C(C)C. The van der Waals surface area contributed by atoms with Gasteiger partial charge >= 0.3 is 0 Å². The summed E-state index contributed by atoms with van der Waals surface area (Å²) in [5, 5.41) is 6.36. The highest BCUT2D eigenvalue weighted by atomic mass is 14.9. The molecule has 1 unspecified atom stereocenters. The topological polar surface area (TPSA) is 12.0 Å². The second-order valence-corrected chi connectivity index (χ2v) is 6.02. The van der Waals surface area contributed by atoms with E-state index in [1.54, 1.807) is 0 Å². The quantitative estimate of drug-likeness (QED) is 0.761. The van der Waals surface area contributed by atoms with Crippen molar-refractivity contribution in [2.75, 3.05) is 6.54 Å². The molecule has 0 amide bonds. The predicted molar refractivity (Wildman–Crippen MR) is 89.2 cm³/mol. The third-order valence-corrected chi connectivity index (χ3v) is 4.02. The number of benzene rings is 2. The summed E-state index contributed by atoms with van der Waals surface area (Å²) in [6, 6.07) is 16.1. The standard InChI is InChI=1S/C19H27N/c1-4-13-20-19(15(2)3)12-10-16-9-11-17-7-5-6-8-18(17)14-16/h5-9,11,14-15,19-20H,4,10,12-13H2,1-3H3. The van der Waals surface area contributed by atoms with Crippen LogP contribution in [0, 0.1) is 5.92 Å². The second-order valence-electron chi connectivity index (χ2n) is 6.02. The van der Waals surface area contributed by atoms with E-state index in [1.807, 2.05) is 0 Å². The van der Waals surface area contributed by atoms with Gasteiger partial charge in [0.1, 0.15) is 0 Å². The van der Waals surface area contributed by atoms with E-state index in [4.69, 9.17) is 0 Å². The van der Waals surface area contributed by atoms with Crippen LogP contribution < -0.4 is 5.32 Å². The van der Waals surface area contributed by atoms with E-state index >= 15 is 0 Å². The lowest BCUT2D eigenvalue weighted by Crippen LogP contribution is -2.34. The Morgan fingerprint density at radius 3 is 2.45 bits per heavy atom. The summed E-state index contributed by atoms with van der Waals surface area (Å²) in [4.78, 5) is 0. The van der Waals surface area contributed by atoms with Crippen molar-refractivity contribution in [1.29, 1.82) is 0 Å². The van der Waals surface area contributed by atoms with Crippen LogP contribution in [0.5, 0.6) is 0 Å². The maximum absolute atomic E-state index is 3.68. The Hall–Kier alpha value is -1.34. The molecule has 2 aromatic rings. The van der Waals surface area contributed by atoms with Gasteiger partial charge in [-0.1, -0.05) is 63.2 Å². The summed E-state index contributed by atoms with van der Waals surface area (Å²) in [5.74, 6) is 0.696. The van der Waals surface area contributed by atoms with Gasteiger partial charge in [-0.3, -0.25) is 0 Å². The molecule has 0 aliphatic carbocycles. The third kappa shape index (κ3) is 4.08. The molecule has 0 saturated heterocycles. The fourth-order valence-corrected chi connectivity index (χ4v) is 2.72. The van der Waals surface area contributed by atoms with Gasteiger partial charge in [-0.05, 0) is 48.1 Å². The molecule has 1 heteroatoms. The van der Waals surface area contributed by atoms with Crippen LogP contribution in [0.15, 0.2) is 42.5 Å². The Balaban J connectivity index is 2.00. The van der Waals surface area contributed by atoms with Gasteiger partial charge in [0.25, 0.3) is 0 Å². The predicted octanol–water partition coefficient (Wildman–Crippen LogP) is 4.80. The molecular formula is C19H27N. The van der Waals surface area contributed by atoms with Crippen molar-refractivity contribution in [3.8, 4) is 0 Å². The number of fused-ring (bicyclic) bond motifs is 1. The average Bonchev–Trinajstić information content (AvgIpc) is 2.46. The minimum atomic E-state index is 0.626. The van der Waals surface area contributed by atoms with Crippen molar-refractivity contribution >= 4 is 10.8 Å². The van der Waals surface area contributed by atoms with Crippen LogP contribution in [0.2, 0.25) is 0 Å². The molecule has 108 valence electrons. The Kier molecular flexibility index (Phi) is 5.60. The van der Waals surface area contributed by atoms with Gasteiger partial charge in [0, 0.05) is 6.04 Å². The Morgan fingerprint density at radius 2 is 1.75 bits per heavy atom. The first-order valence-corrected chi connectivity index (χ1v) is 7.91. The summed E-state index contributed by atoms with van der Waals surface area (Å²) in [7, 11) is 0. The molecular weight excluding hydrogens is 242 g/mol. The normalized spacial score (nSPS) is 13.0. The van der Waals surface area contributed by atoms with Crippen LogP contribution in [0.25, 0.3) is 10.8 Å². The van der Waals surface area contributed by atoms with Crippen LogP contribution in [0.4, 0.5) is 0 Å². The molecule has 0 aromatic heterocycles. The third-order valence-electron chi connectivity index (χ3n) is 4.02. The van der Waals surface area contributed by atoms with Gasteiger partial charge in [0.2, 0.25) is 0 Å². The molecule has 1 atom stereocenters. The van der Waals surface area contributed by atoms with Crippen molar-refractivity contribution in [3.63, 3.8) is 0 Å². The summed E-state index contributed by atoms with van der Waals surface area (Å²) in [6.07, 6.45) is 3.58. The van der Waals surface area contributed by atoms with Crippen LogP contribution >= 0.6 is 0 Å². The molecule has 2 aromatic carbocycles. The van der Waals surface area contributed by atoms with E-state index in [-0.39, 0.29) is 0 Å². The maximum Gasteiger partial charge on any atom is 0.00932 e. The molecule has 0 radical (unpaired) electrons. The Bertz CT molecular complexity index is 530. The molecule has 1 nitrogen and oxygen atoms in total. The molecule has 1 N–H and O–H groups in total. The van der Waals surface area contributed by atoms with Crippen LogP contribution in [-0.4, -0.2) is 12.6 Å². The number of rotatable bonds is 7. The van der Waals surface area contributed by atoms with Crippen molar-refractivity contribution in [2.24, 2.45) is 5.92 Å². The van der Waals surface area contributed by atoms with E-state index < -0.39 is 0 Å². The summed E-state index contributed by atoms with van der Waals surface area (Å²) in [6.45, 7) is 7.98. The van der Waals surface area contributed by atoms with Crippen molar-refractivity contribution in [2.45, 2.75) is 46.1 Å². The molecule has 0 saturated carbocycles. The van der Waals surface area contributed by atoms with Gasteiger partial charge in [-0.15, -0.1) is 0 Å². The van der Waals surface area contributed by atoms with E-state index in [9.17, 15) is 0 Å². The lowest BCUT2D eigenvalue weighted by atomic mass is 9.95. The number of hydrogen-bond acceptors (Lipinski definition) is 1. The van der Waals surface area contributed by atoms with E-state index in [0.717, 1.165) is 13.0 Å². The molecule has 2 rings (SSSR count). The fourth-order valence-electron chi connectivity index (χ4n) is 2.72. The number of hydrogen-bond donors (Lipinski definition) is 1. The molecule has 0 bridgehead atoms. The molecule has 0 aliphatic rings. The Morgan fingerprint density at radius 1 is 1.00 bits per heavy atom. The van der Waals surface area contributed by atoms with Crippen LogP contribution in [0.1, 0.15) is 39.2 Å². The molecule has 20 heavy (non-hydrogen) atoms. The average molecular weight is 269 g/mol. The zero-order valence-corrected chi connectivity index (χ0v) is 13.0. The molecule has 0 aliphatic heterocycles. The van der Waals surface area contributed by atoms with E-state index in [2.05, 4.69) is 68.6 Å². The van der Waals surface area contributed by atoms with Crippen molar-refractivity contribution < 1.29 is 0 Å². The molecule has 0 heterocycles. The molecule has 0 spiro atoms. The lowest BCUT2D eigenvalue weighted by molar-refractivity contribution is 0.378. The van der Waals surface area contributed by atoms with Gasteiger partial charge in [-0.2, -0.15) is 0 Å². The van der Waals surface area contributed by atoms with Gasteiger partial charge < -0.3 is 5.32 Å². The number of nitrogens with one attached hydrogen (secondary N) is 1. The lowest BCUT2D eigenvalue weighted by Gasteiger charge is -2.22. The minimum absolute atomic E-state index is 0.626. The largest absolute Gasteiger partial charge is 0.314 e. The summed E-state index contributed by atoms with van der Waals surface area (Å²) < 4.78 is 0. The zero-order valence-electron chi connectivity index (χ0n) is 13.0. The van der Waals surface area contributed by atoms with E-state index in [1.165, 1.54) is 29.2 Å². The highest BCUT2D eigenvalue weighted by molar-refractivity contribution is 5.82. The monoisotopic (exact) mass is 269 g/mol. The first-order chi connectivity index (χ1) is 9.70. The fraction of sp³-hybridized carbons (Fsp3) is 0.474. The molecule has 0 fully saturated rings. The first-order valence-electron chi connectivity index (χ1n) is 7.91. The van der Waals surface area contributed by atoms with Crippen molar-refractivity contribution in [1.82, 2.24) is 5.32 Å². The van der Waals surface area contributed by atoms with Crippen LogP contribution in [-0.2, 0) is 6.42 Å². The second kappa shape index (κ2) is 7.44. The zero-order chi connectivity index (χ0) is 14.4. The van der Waals surface area contributed by atoms with Crippen LogP contribution in [0.3, 0.4) is 0 Å². The smallest absolute Gasteiger partial charge is 0.00932 e. The maximum atomic E-state index is 3.68. The Labute approximate surface area is 123 Å². The highest BCUT2D eigenvalue weighted by Gasteiger charge is 2.12. The van der Waals surface area contributed by atoms with Crippen molar-refractivity contribution in [3.05, 3.63) is 48.0 Å². The highest BCUT2D eigenvalue weighted by Crippen LogP contribution is 2.18. The van der Waals surface area contributed by atoms with Gasteiger partial charge in [-0.25, -0.2) is 0 Å².